The van der Waals surface area contributed by atoms with Crippen molar-refractivity contribution in [3.05, 3.63) is 71.4 Å². The molecule has 0 radical (unpaired) electrons. The van der Waals surface area contributed by atoms with E-state index < -0.39 is 5.97 Å². The van der Waals surface area contributed by atoms with Gasteiger partial charge in [0.05, 0.1) is 5.56 Å². The zero-order valence-corrected chi connectivity index (χ0v) is 15.8. The average molecular weight is 377 g/mol. The summed E-state index contributed by atoms with van der Waals surface area (Å²) < 4.78 is 5.13. The second kappa shape index (κ2) is 7.94. The number of hydrogen-bond acceptors (Lipinski definition) is 5. The van der Waals surface area contributed by atoms with Gasteiger partial charge in [-0.1, -0.05) is 47.6 Å². The van der Waals surface area contributed by atoms with E-state index in [-0.39, 0.29) is 0 Å². The van der Waals surface area contributed by atoms with Crippen LogP contribution in [0, 0.1) is 6.92 Å². The van der Waals surface area contributed by atoms with Crippen molar-refractivity contribution in [2.24, 2.45) is 0 Å². The molecule has 1 aliphatic rings. The highest BCUT2D eigenvalue weighted by atomic mass is 16.5. The topological polar surface area (TPSA) is 79.5 Å². The number of carboxylic acid groups (broad SMARTS) is 1. The van der Waals surface area contributed by atoms with Gasteiger partial charge in [-0.3, -0.25) is 4.90 Å². The van der Waals surface area contributed by atoms with Crippen LogP contribution >= 0.6 is 0 Å². The van der Waals surface area contributed by atoms with E-state index in [9.17, 15) is 9.90 Å². The first-order valence-electron chi connectivity index (χ1n) is 9.54. The Balaban J connectivity index is 1.45. The number of rotatable bonds is 5. The number of carbonyl (C=O) groups is 1. The van der Waals surface area contributed by atoms with Crippen LogP contribution in [0.15, 0.2) is 53.1 Å². The SMILES string of the molecule is Cc1nc([C@@H]2CCCN(Cc3ccc(-c4ccccc4C(=O)O)cc3)C2)no1. The van der Waals surface area contributed by atoms with Gasteiger partial charge in [0, 0.05) is 25.9 Å². The maximum absolute atomic E-state index is 11.5. The van der Waals surface area contributed by atoms with E-state index in [4.69, 9.17) is 4.52 Å². The van der Waals surface area contributed by atoms with Gasteiger partial charge in [-0.15, -0.1) is 0 Å². The molecule has 2 heterocycles. The summed E-state index contributed by atoms with van der Waals surface area (Å²) in [6.45, 7) is 4.65. The molecule has 0 unspecified atom stereocenters. The average Bonchev–Trinajstić information content (AvgIpc) is 3.15. The first kappa shape index (κ1) is 18.4. The van der Waals surface area contributed by atoms with Gasteiger partial charge in [0.25, 0.3) is 0 Å². The minimum absolute atomic E-state index is 0.313. The molecule has 1 atom stereocenters. The molecule has 0 amide bonds. The second-order valence-corrected chi connectivity index (χ2v) is 7.29. The Hall–Kier alpha value is -2.99. The summed E-state index contributed by atoms with van der Waals surface area (Å²) in [5, 5.41) is 13.5. The minimum atomic E-state index is -0.907. The van der Waals surface area contributed by atoms with Gasteiger partial charge in [-0.05, 0) is 42.1 Å². The summed E-state index contributed by atoms with van der Waals surface area (Å²) in [6, 6.07) is 15.3. The number of piperidine rings is 1. The maximum Gasteiger partial charge on any atom is 0.336 e. The van der Waals surface area contributed by atoms with E-state index in [1.807, 2.05) is 31.2 Å². The largest absolute Gasteiger partial charge is 0.478 e. The molecule has 0 aliphatic carbocycles. The lowest BCUT2D eigenvalue weighted by molar-refractivity contribution is 0.0697. The number of carboxylic acids is 1. The van der Waals surface area contributed by atoms with Crippen LogP contribution in [0.5, 0.6) is 0 Å². The molecule has 0 bridgehead atoms. The molecule has 1 saturated heterocycles. The van der Waals surface area contributed by atoms with Crippen LogP contribution in [0.4, 0.5) is 0 Å². The molecular formula is C22H23N3O3. The summed E-state index contributed by atoms with van der Waals surface area (Å²) in [4.78, 5) is 18.3. The first-order chi connectivity index (χ1) is 13.6. The van der Waals surface area contributed by atoms with Crippen molar-refractivity contribution >= 4 is 5.97 Å². The normalized spacial score (nSPS) is 17.5. The van der Waals surface area contributed by atoms with Crippen LogP contribution in [-0.4, -0.2) is 39.2 Å². The third kappa shape index (κ3) is 3.97. The van der Waals surface area contributed by atoms with E-state index in [0.717, 1.165) is 49.4 Å². The van der Waals surface area contributed by atoms with Gasteiger partial charge in [0.1, 0.15) is 0 Å². The molecule has 6 heteroatoms. The highest BCUT2D eigenvalue weighted by Gasteiger charge is 2.25. The number of likely N-dealkylation sites (tertiary alicyclic amines) is 1. The highest BCUT2D eigenvalue weighted by molar-refractivity contribution is 5.95. The predicted octanol–water partition coefficient (Wildman–Crippen LogP) is 4.12. The van der Waals surface area contributed by atoms with Crippen molar-refractivity contribution in [2.45, 2.75) is 32.2 Å². The lowest BCUT2D eigenvalue weighted by atomic mass is 9.96. The Morgan fingerprint density at radius 3 is 2.71 bits per heavy atom. The number of nitrogens with zero attached hydrogens (tertiary/aromatic N) is 3. The van der Waals surface area contributed by atoms with Crippen molar-refractivity contribution in [1.29, 1.82) is 0 Å². The molecule has 3 aromatic rings. The van der Waals surface area contributed by atoms with Crippen molar-refractivity contribution in [1.82, 2.24) is 15.0 Å². The Kier molecular flexibility index (Phi) is 5.21. The summed E-state index contributed by atoms with van der Waals surface area (Å²) in [6.07, 6.45) is 2.20. The Bertz CT molecular complexity index is 965. The lowest BCUT2D eigenvalue weighted by Gasteiger charge is -2.31. The smallest absolute Gasteiger partial charge is 0.336 e. The molecule has 1 fully saturated rings. The lowest BCUT2D eigenvalue weighted by Crippen LogP contribution is -2.34. The Morgan fingerprint density at radius 1 is 1.21 bits per heavy atom. The number of aromatic nitrogens is 2. The molecule has 0 spiro atoms. The molecular weight excluding hydrogens is 354 g/mol. The summed E-state index contributed by atoms with van der Waals surface area (Å²) in [5.41, 5.74) is 3.19. The van der Waals surface area contributed by atoms with Crippen molar-refractivity contribution in [3.63, 3.8) is 0 Å². The second-order valence-electron chi connectivity index (χ2n) is 7.29. The third-order valence-electron chi connectivity index (χ3n) is 5.24. The number of aryl methyl sites for hydroxylation is 1. The molecule has 2 aromatic carbocycles. The third-order valence-corrected chi connectivity index (χ3v) is 5.24. The van der Waals surface area contributed by atoms with Crippen molar-refractivity contribution in [3.8, 4) is 11.1 Å². The van der Waals surface area contributed by atoms with Crippen LogP contribution in [-0.2, 0) is 6.54 Å². The summed E-state index contributed by atoms with van der Waals surface area (Å²) in [7, 11) is 0. The standard InChI is InChI=1S/C22H23N3O3/c1-15-23-21(24-28-15)18-5-4-12-25(14-18)13-16-8-10-17(11-9-16)19-6-2-3-7-20(19)22(26)27/h2-3,6-11,18H,4-5,12-14H2,1H3,(H,26,27)/t18-/m1/s1. The van der Waals surface area contributed by atoms with E-state index >= 15 is 0 Å². The fourth-order valence-corrected chi connectivity index (χ4v) is 3.86. The van der Waals surface area contributed by atoms with Crippen LogP contribution in [0.1, 0.15) is 46.4 Å². The van der Waals surface area contributed by atoms with Gasteiger partial charge in [0.2, 0.25) is 5.89 Å². The van der Waals surface area contributed by atoms with Crippen LogP contribution in [0.25, 0.3) is 11.1 Å². The fourth-order valence-electron chi connectivity index (χ4n) is 3.86. The van der Waals surface area contributed by atoms with Crippen molar-refractivity contribution in [2.75, 3.05) is 13.1 Å². The molecule has 1 aromatic heterocycles. The molecule has 0 saturated carbocycles. The summed E-state index contributed by atoms with van der Waals surface area (Å²) >= 11 is 0. The number of benzene rings is 2. The van der Waals surface area contributed by atoms with Gasteiger partial charge in [0.15, 0.2) is 5.82 Å². The van der Waals surface area contributed by atoms with Crippen LogP contribution < -0.4 is 0 Å². The van der Waals surface area contributed by atoms with Crippen LogP contribution in [0.3, 0.4) is 0 Å². The number of aromatic carboxylic acids is 1. The van der Waals surface area contributed by atoms with E-state index in [1.54, 1.807) is 12.1 Å². The Labute approximate surface area is 163 Å². The quantitative estimate of drug-likeness (QED) is 0.720. The molecule has 1 N–H and O–H groups in total. The number of hydrogen-bond donors (Lipinski definition) is 1. The minimum Gasteiger partial charge on any atom is -0.478 e. The molecule has 144 valence electrons. The zero-order valence-electron chi connectivity index (χ0n) is 15.8. The molecule has 1 aliphatic heterocycles. The predicted molar refractivity (Wildman–Crippen MR) is 105 cm³/mol. The van der Waals surface area contributed by atoms with E-state index in [1.165, 1.54) is 5.56 Å². The van der Waals surface area contributed by atoms with E-state index in [2.05, 4.69) is 27.2 Å². The maximum atomic E-state index is 11.5. The van der Waals surface area contributed by atoms with Crippen LogP contribution in [0.2, 0.25) is 0 Å². The Morgan fingerprint density at radius 2 is 2.00 bits per heavy atom. The van der Waals surface area contributed by atoms with Gasteiger partial charge >= 0.3 is 5.97 Å². The van der Waals surface area contributed by atoms with Gasteiger partial charge in [-0.25, -0.2) is 4.79 Å². The van der Waals surface area contributed by atoms with Gasteiger partial charge in [-0.2, -0.15) is 4.98 Å². The molecule has 4 rings (SSSR count). The van der Waals surface area contributed by atoms with Crippen molar-refractivity contribution < 1.29 is 14.4 Å². The fraction of sp³-hybridized carbons (Fsp3) is 0.318. The van der Waals surface area contributed by atoms with Gasteiger partial charge < -0.3 is 9.63 Å². The highest BCUT2D eigenvalue weighted by Crippen LogP contribution is 2.27. The zero-order chi connectivity index (χ0) is 19.5. The first-order valence-corrected chi connectivity index (χ1v) is 9.54. The molecule has 28 heavy (non-hydrogen) atoms. The van der Waals surface area contributed by atoms with E-state index in [0.29, 0.717) is 17.4 Å². The monoisotopic (exact) mass is 377 g/mol. The summed E-state index contributed by atoms with van der Waals surface area (Å²) in [5.74, 6) is 0.829. The molecule has 6 nitrogen and oxygen atoms in total.